The van der Waals surface area contributed by atoms with Crippen molar-refractivity contribution in [2.75, 3.05) is 31.6 Å². The van der Waals surface area contributed by atoms with E-state index in [1.54, 1.807) is 13.0 Å². The minimum absolute atomic E-state index is 0.187. The fourth-order valence-corrected chi connectivity index (χ4v) is 4.26. The molecule has 0 saturated carbocycles. The lowest BCUT2D eigenvalue weighted by molar-refractivity contribution is -0.112. The van der Waals surface area contributed by atoms with Crippen LogP contribution >= 0.6 is 23.4 Å². The highest BCUT2D eigenvalue weighted by Gasteiger charge is 2.22. The second-order valence-corrected chi connectivity index (χ2v) is 8.45. The molecule has 2 aromatic carbocycles. The van der Waals surface area contributed by atoms with Crippen LogP contribution < -0.4 is 24.8 Å². The second-order valence-electron chi connectivity index (χ2n) is 6.94. The number of allylic oxidation sites excluding steroid dienone is 1. The van der Waals surface area contributed by atoms with E-state index in [0.29, 0.717) is 40.2 Å². The number of benzene rings is 2. The van der Waals surface area contributed by atoms with Crippen LogP contribution in [0, 0.1) is 0 Å². The summed E-state index contributed by atoms with van der Waals surface area (Å²) in [4.78, 5) is 25.9. The van der Waals surface area contributed by atoms with Crippen molar-refractivity contribution in [1.29, 1.82) is 0 Å². The van der Waals surface area contributed by atoms with Gasteiger partial charge in [-0.25, -0.2) is 0 Å². The number of amides is 2. The topological polar surface area (TPSA) is 95.1 Å². The summed E-state index contributed by atoms with van der Waals surface area (Å²) < 4.78 is 21.5. The van der Waals surface area contributed by atoms with E-state index in [-0.39, 0.29) is 41.5 Å². The zero-order valence-electron chi connectivity index (χ0n) is 17.5. The van der Waals surface area contributed by atoms with E-state index in [9.17, 15) is 9.59 Å². The summed E-state index contributed by atoms with van der Waals surface area (Å²) >= 11 is 7.79. The fourth-order valence-electron chi connectivity index (χ4n) is 3.23. The van der Waals surface area contributed by atoms with Gasteiger partial charge in [-0.3, -0.25) is 9.59 Å². The predicted molar refractivity (Wildman–Crippen MR) is 121 cm³/mol. The van der Waals surface area contributed by atoms with Gasteiger partial charge in [-0.1, -0.05) is 17.7 Å². The quantitative estimate of drug-likeness (QED) is 0.652. The highest BCUT2D eigenvalue weighted by molar-refractivity contribution is 8.04. The van der Waals surface area contributed by atoms with E-state index in [1.165, 1.54) is 31.0 Å². The van der Waals surface area contributed by atoms with Gasteiger partial charge in [-0.15, -0.1) is 11.8 Å². The molecular weight excluding hydrogens is 456 g/mol. The van der Waals surface area contributed by atoms with Crippen molar-refractivity contribution in [2.45, 2.75) is 13.5 Å². The molecule has 0 fully saturated rings. The zero-order chi connectivity index (χ0) is 22.7. The third-order valence-corrected chi connectivity index (χ3v) is 6.29. The maximum atomic E-state index is 12.8. The predicted octanol–water partition coefficient (Wildman–Crippen LogP) is 3.94. The number of anilines is 1. The van der Waals surface area contributed by atoms with Crippen molar-refractivity contribution < 1.29 is 28.5 Å². The molecule has 2 aliphatic heterocycles. The average Bonchev–Trinajstić information content (AvgIpc) is 3.26. The Morgan fingerprint density at radius 1 is 1.12 bits per heavy atom. The first-order valence-corrected chi connectivity index (χ1v) is 11.1. The number of carbonyl (C=O) groups excluding carboxylic acids is 2. The van der Waals surface area contributed by atoms with Gasteiger partial charge in [-0.05, 0) is 30.7 Å². The number of rotatable bonds is 6. The first-order valence-electron chi connectivity index (χ1n) is 9.78. The van der Waals surface area contributed by atoms with E-state index < -0.39 is 0 Å². The summed E-state index contributed by atoms with van der Waals surface area (Å²) in [6.07, 6.45) is 0. The second kappa shape index (κ2) is 9.62. The third-order valence-electron chi connectivity index (χ3n) is 4.85. The average molecular weight is 477 g/mol. The van der Waals surface area contributed by atoms with Crippen LogP contribution in [-0.4, -0.2) is 38.1 Å². The SMILES string of the molecule is COc1cc(NC(=O)C2=C(C)OCCS2)c(Cl)cc1C(=O)NCc1ccc2c(c1)OCO2. The van der Waals surface area contributed by atoms with Gasteiger partial charge in [-0.2, -0.15) is 0 Å². The smallest absolute Gasteiger partial charge is 0.265 e. The van der Waals surface area contributed by atoms with Crippen molar-refractivity contribution >= 4 is 40.9 Å². The van der Waals surface area contributed by atoms with E-state index in [0.717, 1.165) is 5.56 Å². The standard InChI is InChI=1S/C22H21ClN2O6S/c1-12-20(32-6-5-29-12)22(27)25-16-9-18(28-2)14(8-15(16)23)21(26)24-10-13-3-4-17-19(7-13)31-11-30-17/h3-4,7-9H,5-6,10-11H2,1-2H3,(H,24,26)(H,25,27). The van der Waals surface area contributed by atoms with Crippen molar-refractivity contribution in [1.82, 2.24) is 5.32 Å². The summed E-state index contributed by atoms with van der Waals surface area (Å²) in [6.45, 7) is 2.78. The first-order chi connectivity index (χ1) is 15.5. The monoisotopic (exact) mass is 476 g/mol. The summed E-state index contributed by atoms with van der Waals surface area (Å²) in [6, 6.07) is 8.46. The molecule has 2 amide bonds. The molecule has 0 aromatic heterocycles. The first kappa shape index (κ1) is 22.2. The number of fused-ring (bicyclic) bond motifs is 1. The largest absolute Gasteiger partial charge is 0.496 e. The Labute approximate surface area is 194 Å². The Bertz CT molecular complexity index is 1100. The lowest BCUT2D eigenvalue weighted by atomic mass is 10.1. The number of carbonyl (C=O) groups is 2. The number of hydrogen-bond donors (Lipinski definition) is 2. The lowest BCUT2D eigenvalue weighted by Gasteiger charge is -2.18. The summed E-state index contributed by atoms with van der Waals surface area (Å²) in [7, 11) is 1.45. The molecule has 2 N–H and O–H groups in total. The van der Waals surface area contributed by atoms with Crippen LogP contribution in [0.3, 0.4) is 0 Å². The molecule has 0 spiro atoms. The Morgan fingerprint density at radius 3 is 2.72 bits per heavy atom. The summed E-state index contributed by atoms with van der Waals surface area (Å²) in [5.41, 5.74) is 1.45. The molecule has 0 aliphatic carbocycles. The molecule has 8 nitrogen and oxygen atoms in total. The molecule has 168 valence electrons. The zero-order valence-corrected chi connectivity index (χ0v) is 19.0. The van der Waals surface area contributed by atoms with Crippen LogP contribution in [0.15, 0.2) is 41.0 Å². The number of thioether (sulfide) groups is 1. The fraction of sp³-hybridized carbons (Fsp3) is 0.273. The molecule has 0 radical (unpaired) electrons. The summed E-state index contributed by atoms with van der Waals surface area (Å²) in [5.74, 6) is 2.18. The summed E-state index contributed by atoms with van der Waals surface area (Å²) in [5, 5.41) is 5.82. The maximum Gasteiger partial charge on any atom is 0.265 e. The van der Waals surface area contributed by atoms with Crippen LogP contribution in [0.5, 0.6) is 17.2 Å². The number of nitrogens with one attached hydrogen (secondary N) is 2. The number of methoxy groups -OCH3 is 1. The van der Waals surface area contributed by atoms with Gasteiger partial charge >= 0.3 is 0 Å². The van der Waals surface area contributed by atoms with Gasteiger partial charge in [0.25, 0.3) is 11.8 Å². The molecule has 2 heterocycles. The van der Waals surface area contributed by atoms with Gasteiger partial charge < -0.3 is 29.6 Å². The number of ether oxygens (including phenoxy) is 4. The molecular formula is C22H21ClN2O6S. The van der Waals surface area contributed by atoms with Crippen LogP contribution in [0.25, 0.3) is 0 Å². The molecule has 2 aromatic rings. The van der Waals surface area contributed by atoms with Crippen molar-refractivity contribution in [3.63, 3.8) is 0 Å². The van der Waals surface area contributed by atoms with Gasteiger partial charge in [0.15, 0.2) is 11.5 Å². The molecule has 10 heteroatoms. The third kappa shape index (κ3) is 4.73. The highest BCUT2D eigenvalue weighted by atomic mass is 35.5. The Kier molecular flexibility index (Phi) is 6.66. The van der Waals surface area contributed by atoms with Crippen LogP contribution in [0.2, 0.25) is 5.02 Å². The van der Waals surface area contributed by atoms with Crippen LogP contribution in [0.1, 0.15) is 22.8 Å². The molecule has 0 atom stereocenters. The van der Waals surface area contributed by atoms with Crippen LogP contribution in [-0.2, 0) is 16.1 Å². The molecule has 32 heavy (non-hydrogen) atoms. The van der Waals surface area contributed by atoms with E-state index in [4.69, 9.17) is 30.5 Å². The Morgan fingerprint density at radius 2 is 1.94 bits per heavy atom. The minimum atomic E-state index is -0.367. The minimum Gasteiger partial charge on any atom is -0.496 e. The number of halogens is 1. The lowest BCUT2D eigenvalue weighted by Crippen LogP contribution is -2.24. The normalized spacial score (nSPS) is 14.6. The van der Waals surface area contributed by atoms with Gasteiger partial charge in [0.05, 0.1) is 30.0 Å². The van der Waals surface area contributed by atoms with Crippen molar-refractivity contribution in [3.8, 4) is 17.2 Å². The van der Waals surface area contributed by atoms with E-state index >= 15 is 0 Å². The Hall–Kier alpha value is -3.04. The number of hydrogen-bond acceptors (Lipinski definition) is 7. The van der Waals surface area contributed by atoms with E-state index in [1.807, 2.05) is 12.1 Å². The van der Waals surface area contributed by atoms with Crippen molar-refractivity contribution in [2.24, 2.45) is 0 Å². The van der Waals surface area contributed by atoms with Crippen LogP contribution in [0.4, 0.5) is 5.69 Å². The highest BCUT2D eigenvalue weighted by Crippen LogP contribution is 2.34. The van der Waals surface area contributed by atoms with Crippen molar-refractivity contribution in [3.05, 3.63) is 57.1 Å². The maximum absolute atomic E-state index is 12.8. The van der Waals surface area contributed by atoms with Gasteiger partial charge in [0.1, 0.15) is 16.4 Å². The van der Waals surface area contributed by atoms with Gasteiger partial charge in [0, 0.05) is 18.4 Å². The Balaban J connectivity index is 1.47. The molecule has 4 rings (SSSR count). The van der Waals surface area contributed by atoms with E-state index in [2.05, 4.69) is 10.6 Å². The molecule has 0 bridgehead atoms. The van der Waals surface area contributed by atoms with Gasteiger partial charge in [0.2, 0.25) is 6.79 Å². The molecule has 0 unspecified atom stereocenters. The molecule has 2 aliphatic rings. The molecule has 0 saturated heterocycles.